The van der Waals surface area contributed by atoms with Gasteiger partial charge < -0.3 is 10.2 Å². The predicted molar refractivity (Wildman–Crippen MR) is 167 cm³/mol. The summed E-state index contributed by atoms with van der Waals surface area (Å²) in [5.74, 6) is -1.79. The first-order valence-electron chi connectivity index (χ1n) is 15.0. The Morgan fingerprint density at radius 3 is 1.21 bits per heavy atom. The molecule has 0 bridgehead atoms. The van der Waals surface area contributed by atoms with Gasteiger partial charge in [0.2, 0.25) is 0 Å². The van der Waals surface area contributed by atoms with Gasteiger partial charge in [0, 0.05) is 49.2 Å². The van der Waals surface area contributed by atoms with Crippen LogP contribution in [0.1, 0.15) is 91.4 Å². The van der Waals surface area contributed by atoms with E-state index < -0.39 is 35.3 Å². The monoisotopic (exact) mass is 724 g/mol. The smallest absolute Gasteiger partial charge is 0.416 e. The Morgan fingerprint density at radius 1 is 0.532 bits per heavy atom. The van der Waals surface area contributed by atoms with Crippen LogP contribution in [0.3, 0.4) is 0 Å². The molecule has 4 aromatic carbocycles. The third-order valence-electron chi connectivity index (χ3n) is 9.46. The van der Waals surface area contributed by atoms with Crippen LogP contribution in [0, 0.1) is 27.7 Å². The van der Waals surface area contributed by atoms with E-state index in [1.807, 2.05) is 64.1 Å². The van der Waals surface area contributed by atoms with Crippen molar-refractivity contribution in [1.82, 2.24) is 0 Å². The molecule has 0 radical (unpaired) electrons. The van der Waals surface area contributed by atoms with Gasteiger partial charge in [-0.15, -0.1) is 0 Å². The van der Waals surface area contributed by atoms with E-state index in [1.165, 1.54) is 0 Å². The standard InChI is InChI=1S/C38H32F6O2.Zr/c1-19-5-7-21(3)33-27(19)15-23(35(33)29-17-25(37(39,40)41)11-13-31(29)45)9-10-24-16-28-20(2)6-8-22(4)34(28)36(24)30-18-26(38(42,43)44)12-14-32(30)46;/h5-8,11-18,35-36,45-46H,9-10H2,1-4H3;. The second-order valence-corrected chi connectivity index (χ2v) is 12.4. The summed E-state index contributed by atoms with van der Waals surface area (Å²) >= 11 is 0. The molecule has 9 heteroatoms. The molecule has 2 aliphatic rings. The number of halogens is 6. The zero-order valence-electron chi connectivity index (χ0n) is 26.2. The number of rotatable bonds is 5. The van der Waals surface area contributed by atoms with Crippen LogP contribution in [0.2, 0.25) is 0 Å². The van der Waals surface area contributed by atoms with Crippen molar-refractivity contribution in [1.29, 1.82) is 0 Å². The number of phenols is 2. The molecule has 0 heterocycles. The zero-order chi connectivity index (χ0) is 33.3. The number of phenolic OH excluding ortho intramolecular Hbond substituents is 2. The van der Waals surface area contributed by atoms with Gasteiger partial charge in [-0.3, -0.25) is 0 Å². The van der Waals surface area contributed by atoms with Crippen LogP contribution in [-0.4, -0.2) is 10.2 Å². The third kappa shape index (κ3) is 6.24. The fourth-order valence-corrected chi connectivity index (χ4v) is 7.12. The Morgan fingerprint density at radius 2 is 0.872 bits per heavy atom. The molecule has 4 aromatic rings. The number of fused-ring (bicyclic) bond motifs is 2. The van der Waals surface area contributed by atoms with Crippen molar-refractivity contribution in [3.63, 3.8) is 0 Å². The molecule has 0 amide bonds. The summed E-state index contributed by atoms with van der Waals surface area (Å²) in [5, 5.41) is 21.8. The molecule has 0 fully saturated rings. The Balaban J connectivity index is 0.00000433. The second-order valence-electron chi connectivity index (χ2n) is 12.4. The molecular weight excluding hydrogens is 694 g/mol. The van der Waals surface area contributed by atoms with Gasteiger partial charge in [-0.25, -0.2) is 0 Å². The normalized spacial score (nSPS) is 17.1. The fourth-order valence-electron chi connectivity index (χ4n) is 7.12. The van der Waals surface area contributed by atoms with Crippen LogP contribution in [-0.2, 0) is 38.6 Å². The van der Waals surface area contributed by atoms with Gasteiger partial charge in [0.15, 0.2) is 0 Å². The van der Waals surface area contributed by atoms with Crippen molar-refractivity contribution in [2.45, 2.75) is 64.7 Å². The van der Waals surface area contributed by atoms with Crippen LogP contribution < -0.4 is 0 Å². The van der Waals surface area contributed by atoms with Gasteiger partial charge in [-0.05, 0) is 121 Å². The van der Waals surface area contributed by atoms with Crippen molar-refractivity contribution in [3.05, 3.63) is 139 Å². The number of aromatic hydroxyl groups is 2. The maximum Gasteiger partial charge on any atom is 0.416 e. The van der Waals surface area contributed by atoms with Gasteiger partial charge in [0.05, 0.1) is 11.1 Å². The molecule has 47 heavy (non-hydrogen) atoms. The average Bonchev–Trinajstić information content (AvgIpc) is 3.56. The van der Waals surface area contributed by atoms with Gasteiger partial charge in [0.25, 0.3) is 0 Å². The Kier molecular flexibility index (Phi) is 9.21. The van der Waals surface area contributed by atoms with E-state index in [9.17, 15) is 36.6 Å². The molecular formula is C38H32F6O2Zr. The summed E-state index contributed by atoms with van der Waals surface area (Å²) in [6.07, 6.45) is -4.54. The van der Waals surface area contributed by atoms with Gasteiger partial charge in [-0.2, -0.15) is 26.3 Å². The van der Waals surface area contributed by atoms with E-state index in [1.54, 1.807) is 0 Å². The van der Waals surface area contributed by atoms with Crippen LogP contribution >= 0.6 is 0 Å². The Labute approximate surface area is 288 Å². The average molecular weight is 726 g/mol. The minimum Gasteiger partial charge on any atom is -0.508 e. The number of allylic oxidation sites excluding steroid dienone is 2. The molecule has 242 valence electrons. The Hall–Kier alpha value is -3.58. The molecule has 0 spiro atoms. The fraction of sp³-hybridized carbons (Fsp3) is 0.263. The molecule has 0 saturated carbocycles. The van der Waals surface area contributed by atoms with E-state index in [0.29, 0.717) is 12.8 Å². The van der Waals surface area contributed by atoms with Gasteiger partial charge in [-0.1, -0.05) is 47.6 Å². The molecule has 0 aromatic heterocycles. The first-order valence-corrected chi connectivity index (χ1v) is 15.0. The van der Waals surface area contributed by atoms with Crippen LogP contribution in [0.15, 0.2) is 71.8 Å². The summed E-state index contributed by atoms with van der Waals surface area (Å²) < 4.78 is 82.9. The molecule has 2 N–H and O–H groups in total. The van der Waals surface area contributed by atoms with E-state index in [0.717, 1.165) is 92.1 Å². The molecule has 6 rings (SSSR count). The van der Waals surface area contributed by atoms with Crippen molar-refractivity contribution in [3.8, 4) is 11.5 Å². The van der Waals surface area contributed by atoms with Crippen molar-refractivity contribution < 1.29 is 62.8 Å². The van der Waals surface area contributed by atoms with Crippen LogP contribution in [0.5, 0.6) is 11.5 Å². The van der Waals surface area contributed by atoms with Crippen molar-refractivity contribution >= 4 is 12.2 Å². The summed E-state index contributed by atoms with van der Waals surface area (Å²) in [5.41, 5.74) is 7.22. The third-order valence-corrected chi connectivity index (χ3v) is 9.46. The van der Waals surface area contributed by atoms with Crippen molar-refractivity contribution in [2.24, 2.45) is 0 Å². The number of benzene rings is 4. The van der Waals surface area contributed by atoms with Gasteiger partial charge >= 0.3 is 12.4 Å². The molecule has 2 unspecified atom stereocenters. The minimum absolute atomic E-state index is 0. The summed E-state index contributed by atoms with van der Waals surface area (Å²) in [6.45, 7) is 7.63. The maximum atomic E-state index is 13.8. The molecule has 0 saturated heterocycles. The van der Waals surface area contributed by atoms with Crippen molar-refractivity contribution in [2.75, 3.05) is 0 Å². The number of alkyl halides is 6. The zero-order valence-corrected chi connectivity index (χ0v) is 28.6. The second kappa shape index (κ2) is 12.5. The SMILES string of the molecule is Cc1ccc(C)c2c1C=C(CCC1=Cc3c(C)ccc(C)c3C1c1cc(C(F)(F)F)ccc1O)C2c1cc(C(F)(F)F)ccc1O.[Zr]. The number of aryl methyl sites for hydroxylation is 4. The van der Waals surface area contributed by atoms with E-state index >= 15 is 0 Å². The Bertz CT molecular complexity index is 1810. The molecule has 2 atom stereocenters. The first kappa shape index (κ1) is 34.7. The van der Waals surface area contributed by atoms with E-state index in [4.69, 9.17) is 0 Å². The summed E-state index contributed by atoms with van der Waals surface area (Å²) in [7, 11) is 0. The number of hydrogen-bond acceptors (Lipinski definition) is 2. The van der Waals surface area contributed by atoms with Crippen LogP contribution in [0.4, 0.5) is 26.3 Å². The molecule has 0 aliphatic heterocycles. The van der Waals surface area contributed by atoms with E-state index in [2.05, 4.69) is 0 Å². The summed E-state index contributed by atoms with van der Waals surface area (Å²) in [6, 6.07) is 13.6. The van der Waals surface area contributed by atoms with Gasteiger partial charge in [0.1, 0.15) is 11.5 Å². The predicted octanol–water partition coefficient (Wildman–Crippen LogP) is 10.9. The number of hydrogen-bond donors (Lipinski definition) is 2. The minimum atomic E-state index is -4.61. The largest absolute Gasteiger partial charge is 0.508 e. The van der Waals surface area contributed by atoms with Crippen LogP contribution in [0.25, 0.3) is 12.2 Å². The quantitative estimate of drug-likeness (QED) is 0.201. The molecule has 2 aliphatic carbocycles. The van der Waals surface area contributed by atoms with E-state index in [-0.39, 0.29) is 48.8 Å². The summed E-state index contributed by atoms with van der Waals surface area (Å²) in [4.78, 5) is 0. The first-order chi connectivity index (χ1) is 21.6. The topological polar surface area (TPSA) is 40.5 Å². The maximum absolute atomic E-state index is 13.8. The molecule has 2 nitrogen and oxygen atoms in total.